The zero-order valence-corrected chi connectivity index (χ0v) is 13.5. The number of anilines is 1. The maximum Gasteiger partial charge on any atom is 0.416 e. The standard InChI is InChI=1S/C17H17F3N4O/c1-10-3-2-8-24(10)16-22-13(9-14(23-16)15(21)25)11-4-6-12(7-5-11)17(18,19)20/h4-7,9-10H,2-3,8H2,1H3,(H2,21,25)/t10-/m0/s1. The first-order valence-corrected chi connectivity index (χ1v) is 7.89. The molecule has 1 amide bonds. The van der Waals surface area contributed by atoms with E-state index in [1.165, 1.54) is 18.2 Å². The van der Waals surface area contributed by atoms with E-state index in [1.807, 2.05) is 11.8 Å². The van der Waals surface area contributed by atoms with Crippen molar-refractivity contribution < 1.29 is 18.0 Å². The Morgan fingerprint density at radius 1 is 1.24 bits per heavy atom. The second-order valence-electron chi connectivity index (χ2n) is 6.06. The van der Waals surface area contributed by atoms with E-state index < -0.39 is 17.6 Å². The first-order chi connectivity index (χ1) is 11.8. The number of alkyl halides is 3. The third kappa shape index (κ3) is 3.57. The van der Waals surface area contributed by atoms with Crippen molar-refractivity contribution in [2.75, 3.05) is 11.4 Å². The lowest BCUT2D eigenvalue weighted by Crippen LogP contribution is -2.29. The molecule has 2 N–H and O–H groups in total. The number of primary amides is 1. The number of halogens is 3. The molecule has 0 aliphatic carbocycles. The van der Waals surface area contributed by atoms with Gasteiger partial charge in [0, 0.05) is 18.2 Å². The topological polar surface area (TPSA) is 72.1 Å². The smallest absolute Gasteiger partial charge is 0.364 e. The summed E-state index contributed by atoms with van der Waals surface area (Å²) < 4.78 is 38.1. The summed E-state index contributed by atoms with van der Waals surface area (Å²) in [6.45, 7) is 2.79. The Morgan fingerprint density at radius 3 is 2.44 bits per heavy atom. The Kier molecular flexibility index (Phi) is 4.36. The third-order valence-electron chi connectivity index (χ3n) is 4.28. The van der Waals surface area contributed by atoms with Crippen LogP contribution in [0.15, 0.2) is 30.3 Å². The first-order valence-electron chi connectivity index (χ1n) is 7.89. The van der Waals surface area contributed by atoms with Crippen molar-refractivity contribution in [3.63, 3.8) is 0 Å². The average Bonchev–Trinajstić information content (AvgIpc) is 3.00. The number of hydrogen-bond acceptors (Lipinski definition) is 4. The fourth-order valence-electron chi connectivity index (χ4n) is 2.90. The van der Waals surface area contributed by atoms with Crippen LogP contribution < -0.4 is 10.6 Å². The van der Waals surface area contributed by atoms with Gasteiger partial charge < -0.3 is 10.6 Å². The molecule has 0 radical (unpaired) electrons. The van der Waals surface area contributed by atoms with E-state index in [2.05, 4.69) is 9.97 Å². The molecule has 25 heavy (non-hydrogen) atoms. The minimum Gasteiger partial charge on any atom is -0.364 e. The molecule has 1 saturated heterocycles. The molecule has 1 aliphatic rings. The summed E-state index contributed by atoms with van der Waals surface area (Å²) in [6, 6.07) is 6.25. The molecule has 5 nitrogen and oxygen atoms in total. The van der Waals surface area contributed by atoms with Gasteiger partial charge in [-0.2, -0.15) is 13.2 Å². The van der Waals surface area contributed by atoms with E-state index in [0.717, 1.165) is 31.5 Å². The molecule has 1 fully saturated rings. The van der Waals surface area contributed by atoms with Crippen molar-refractivity contribution in [2.24, 2.45) is 5.73 Å². The van der Waals surface area contributed by atoms with Gasteiger partial charge in [0.05, 0.1) is 11.3 Å². The molecule has 1 aromatic carbocycles. The van der Waals surface area contributed by atoms with E-state index in [0.29, 0.717) is 17.2 Å². The van der Waals surface area contributed by atoms with Gasteiger partial charge in [-0.25, -0.2) is 9.97 Å². The van der Waals surface area contributed by atoms with E-state index in [1.54, 1.807) is 0 Å². The molecule has 1 aromatic heterocycles. The van der Waals surface area contributed by atoms with Gasteiger partial charge in [-0.3, -0.25) is 4.79 Å². The zero-order chi connectivity index (χ0) is 18.2. The summed E-state index contributed by atoms with van der Waals surface area (Å²) in [5, 5.41) is 0. The fraction of sp³-hybridized carbons (Fsp3) is 0.353. The van der Waals surface area contributed by atoms with Gasteiger partial charge in [0.25, 0.3) is 5.91 Å². The van der Waals surface area contributed by atoms with E-state index in [-0.39, 0.29) is 11.7 Å². The number of hydrogen-bond donors (Lipinski definition) is 1. The van der Waals surface area contributed by atoms with Crippen LogP contribution >= 0.6 is 0 Å². The largest absolute Gasteiger partial charge is 0.416 e. The van der Waals surface area contributed by atoms with Crippen molar-refractivity contribution in [1.29, 1.82) is 0 Å². The molecule has 0 unspecified atom stereocenters. The molecule has 2 aromatic rings. The lowest BCUT2D eigenvalue weighted by atomic mass is 10.1. The number of benzene rings is 1. The van der Waals surface area contributed by atoms with Gasteiger partial charge in [-0.15, -0.1) is 0 Å². The number of carbonyl (C=O) groups is 1. The van der Waals surface area contributed by atoms with Crippen LogP contribution in [0.2, 0.25) is 0 Å². The highest BCUT2D eigenvalue weighted by Gasteiger charge is 2.30. The molecule has 1 atom stereocenters. The highest BCUT2D eigenvalue weighted by Crippen LogP contribution is 2.31. The van der Waals surface area contributed by atoms with Crippen LogP contribution in [0.3, 0.4) is 0 Å². The molecule has 3 rings (SSSR count). The Hall–Kier alpha value is -2.64. The van der Waals surface area contributed by atoms with Crippen molar-refractivity contribution in [3.05, 3.63) is 41.6 Å². The highest BCUT2D eigenvalue weighted by atomic mass is 19.4. The summed E-state index contributed by atoms with van der Waals surface area (Å²) in [5.41, 5.74) is 5.48. The van der Waals surface area contributed by atoms with Gasteiger partial charge in [0.15, 0.2) is 0 Å². The second-order valence-corrected chi connectivity index (χ2v) is 6.06. The highest BCUT2D eigenvalue weighted by molar-refractivity contribution is 5.92. The van der Waals surface area contributed by atoms with Crippen molar-refractivity contribution in [3.8, 4) is 11.3 Å². The molecule has 0 bridgehead atoms. The van der Waals surface area contributed by atoms with Crippen LogP contribution in [-0.4, -0.2) is 28.5 Å². The van der Waals surface area contributed by atoms with E-state index in [9.17, 15) is 18.0 Å². The first kappa shape index (κ1) is 17.2. The number of carbonyl (C=O) groups excluding carboxylic acids is 1. The number of nitrogens with zero attached hydrogens (tertiary/aromatic N) is 3. The summed E-state index contributed by atoms with van der Waals surface area (Å²) >= 11 is 0. The number of aromatic nitrogens is 2. The van der Waals surface area contributed by atoms with Crippen LogP contribution in [0.5, 0.6) is 0 Å². The lowest BCUT2D eigenvalue weighted by molar-refractivity contribution is -0.137. The number of rotatable bonds is 3. The molecule has 132 valence electrons. The van der Waals surface area contributed by atoms with Gasteiger partial charge in [0.2, 0.25) is 5.95 Å². The fourth-order valence-corrected chi connectivity index (χ4v) is 2.90. The van der Waals surface area contributed by atoms with Gasteiger partial charge in [-0.05, 0) is 38.0 Å². The van der Waals surface area contributed by atoms with Gasteiger partial charge in [-0.1, -0.05) is 12.1 Å². The third-order valence-corrected chi connectivity index (χ3v) is 4.28. The van der Waals surface area contributed by atoms with Crippen molar-refractivity contribution in [2.45, 2.75) is 32.0 Å². The minimum atomic E-state index is -4.40. The minimum absolute atomic E-state index is 0.0407. The Labute approximate surface area is 142 Å². The van der Waals surface area contributed by atoms with Crippen molar-refractivity contribution in [1.82, 2.24) is 9.97 Å². The SMILES string of the molecule is C[C@H]1CCCN1c1nc(C(N)=O)cc(-c2ccc(C(F)(F)F)cc2)n1. The molecule has 8 heteroatoms. The molecule has 1 aliphatic heterocycles. The van der Waals surface area contributed by atoms with Gasteiger partial charge in [0.1, 0.15) is 5.69 Å². The maximum absolute atomic E-state index is 12.7. The van der Waals surface area contributed by atoms with Crippen LogP contribution in [0.4, 0.5) is 19.1 Å². The number of amides is 1. The van der Waals surface area contributed by atoms with E-state index >= 15 is 0 Å². The molecule has 0 saturated carbocycles. The van der Waals surface area contributed by atoms with Crippen LogP contribution in [-0.2, 0) is 6.18 Å². The Morgan fingerprint density at radius 2 is 1.92 bits per heavy atom. The van der Waals surface area contributed by atoms with Crippen molar-refractivity contribution >= 4 is 11.9 Å². The molecular formula is C17H17F3N4O. The average molecular weight is 350 g/mol. The molecular weight excluding hydrogens is 333 g/mol. The van der Waals surface area contributed by atoms with Gasteiger partial charge >= 0.3 is 6.18 Å². The Bertz CT molecular complexity index is 789. The lowest BCUT2D eigenvalue weighted by Gasteiger charge is -2.22. The second kappa shape index (κ2) is 6.34. The summed E-state index contributed by atoms with van der Waals surface area (Å²) in [7, 11) is 0. The summed E-state index contributed by atoms with van der Waals surface area (Å²) in [5.74, 6) is -0.333. The number of nitrogens with two attached hydrogens (primary N) is 1. The van der Waals surface area contributed by atoms with Crippen LogP contribution in [0.25, 0.3) is 11.3 Å². The Balaban J connectivity index is 2.03. The quantitative estimate of drug-likeness (QED) is 0.922. The predicted octanol–water partition coefficient (Wildman–Crippen LogP) is 3.25. The molecule has 0 spiro atoms. The van der Waals surface area contributed by atoms with Crippen LogP contribution in [0, 0.1) is 0 Å². The summed E-state index contributed by atoms with van der Waals surface area (Å²) in [4.78, 5) is 22.2. The monoisotopic (exact) mass is 350 g/mol. The van der Waals surface area contributed by atoms with Crippen LogP contribution in [0.1, 0.15) is 35.8 Å². The summed E-state index contributed by atoms with van der Waals surface area (Å²) in [6.07, 6.45) is -2.43. The van der Waals surface area contributed by atoms with E-state index in [4.69, 9.17) is 5.73 Å². The molecule has 2 heterocycles. The normalized spacial score (nSPS) is 17.8. The predicted molar refractivity (Wildman–Crippen MR) is 87.0 cm³/mol. The zero-order valence-electron chi connectivity index (χ0n) is 13.5. The maximum atomic E-state index is 12.7.